The standard InChI is InChI=1S/C14H24N2O4S/c1-20-12-6-13(16(9-12)21(2,18)19)14(17)15-7-10-4-3-5-11(10)8-15/h10-13H,3-9H2,1-2H3/t10-,11-,12-,13+/m0/s1. The Morgan fingerprint density at radius 3 is 2.29 bits per heavy atom. The zero-order valence-corrected chi connectivity index (χ0v) is 13.5. The van der Waals surface area contributed by atoms with Crippen LogP contribution in [0.15, 0.2) is 0 Å². The quantitative estimate of drug-likeness (QED) is 0.751. The second-order valence-electron chi connectivity index (χ2n) is 6.64. The highest BCUT2D eigenvalue weighted by molar-refractivity contribution is 7.88. The molecule has 3 rings (SSSR count). The summed E-state index contributed by atoms with van der Waals surface area (Å²) in [5, 5.41) is 0. The predicted octanol–water partition coefficient (Wildman–Crippen LogP) is 0.294. The summed E-state index contributed by atoms with van der Waals surface area (Å²) in [5.41, 5.74) is 0. The first kappa shape index (κ1) is 15.2. The summed E-state index contributed by atoms with van der Waals surface area (Å²) in [7, 11) is -1.81. The van der Waals surface area contributed by atoms with E-state index in [0.29, 0.717) is 18.3 Å². The fourth-order valence-corrected chi connectivity index (χ4v) is 5.23. The van der Waals surface area contributed by atoms with Crippen molar-refractivity contribution >= 4 is 15.9 Å². The zero-order chi connectivity index (χ0) is 15.2. The molecule has 0 radical (unpaired) electrons. The maximum atomic E-state index is 12.8. The van der Waals surface area contributed by atoms with E-state index in [1.165, 1.54) is 29.8 Å². The van der Waals surface area contributed by atoms with E-state index >= 15 is 0 Å². The molecule has 0 unspecified atom stereocenters. The summed E-state index contributed by atoms with van der Waals surface area (Å²) in [6, 6.07) is -0.580. The first-order chi connectivity index (χ1) is 9.90. The van der Waals surface area contributed by atoms with Gasteiger partial charge in [0.25, 0.3) is 0 Å². The monoisotopic (exact) mass is 316 g/mol. The van der Waals surface area contributed by atoms with Crippen molar-refractivity contribution in [1.29, 1.82) is 0 Å². The average molecular weight is 316 g/mol. The molecule has 2 aliphatic heterocycles. The Bertz CT molecular complexity index is 509. The molecule has 0 spiro atoms. The summed E-state index contributed by atoms with van der Waals surface area (Å²) in [5.74, 6) is 1.22. The van der Waals surface area contributed by atoms with Gasteiger partial charge in [-0.05, 0) is 24.7 Å². The molecule has 0 aromatic rings. The van der Waals surface area contributed by atoms with Gasteiger partial charge in [0.2, 0.25) is 15.9 Å². The molecule has 21 heavy (non-hydrogen) atoms. The molecule has 1 aliphatic carbocycles. The van der Waals surface area contributed by atoms with E-state index in [1.807, 2.05) is 4.90 Å². The van der Waals surface area contributed by atoms with Crippen molar-refractivity contribution in [3.8, 4) is 0 Å². The van der Waals surface area contributed by atoms with E-state index in [0.717, 1.165) is 13.1 Å². The highest BCUT2D eigenvalue weighted by Gasteiger charge is 2.46. The van der Waals surface area contributed by atoms with E-state index < -0.39 is 16.1 Å². The number of amides is 1. The third kappa shape index (κ3) is 2.83. The smallest absolute Gasteiger partial charge is 0.241 e. The minimum Gasteiger partial charge on any atom is -0.380 e. The van der Waals surface area contributed by atoms with Crippen LogP contribution in [-0.2, 0) is 19.6 Å². The van der Waals surface area contributed by atoms with Crippen LogP contribution in [-0.4, -0.2) is 68.7 Å². The summed E-state index contributed by atoms with van der Waals surface area (Å²) in [6.07, 6.45) is 5.13. The highest BCUT2D eigenvalue weighted by atomic mass is 32.2. The first-order valence-corrected chi connectivity index (χ1v) is 9.53. The number of hydrogen-bond donors (Lipinski definition) is 0. The van der Waals surface area contributed by atoms with Gasteiger partial charge >= 0.3 is 0 Å². The summed E-state index contributed by atoms with van der Waals surface area (Å²) in [4.78, 5) is 14.6. The molecule has 0 bridgehead atoms. The van der Waals surface area contributed by atoms with Crippen molar-refractivity contribution in [2.75, 3.05) is 33.0 Å². The third-order valence-corrected chi connectivity index (χ3v) is 6.56. The number of carbonyl (C=O) groups excluding carboxylic acids is 1. The lowest BCUT2D eigenvalue weighted by Crippen LogP contribution is -2.47. The maximum absolute atomic E-state index is 12.8. The molecule has 0 aromatic carbocycles. The summed E-state index contributed by atoms with van der Waals surface area (Å²) in [6.45, 7) is 1.89. The van der Waals surface area contributed by atoms with Gasteiger partial charge in [-0.25, -0.2) is 8.42 Å². The van der Waals surface area contributed by atoms with Gasteiger partial charge in [0, 0.05) is 33.2 Å². The summed E-state index contributed by atoms with van der Waals surface area (Å²) < 4.78 is 30.4. The Kier molecular flexibility index (Phi) is 4.00. The van der Waals surface area contributed by atoms with E-state index in [4.69, 9.17) is 4.74 Å². The van der Waals surface area contributed by atoms with Gasteiger partial charge in [0.05, 0.1) is 12.4 Å². The van der Waals surface area contributed by atoms with Gasteiger partial charge in [0.15, 0.2) is 0 Å². The van der Waals surface area contributed by atoms with Crippen molar-refractivity contribution in [2.45, 2.75) is 37.8 Å². The number of nitrogens with zero attached hydrogens (tertiary/aromatic N) is 2. The van der Waals surface area contributed by atoms with E-state index in [2.05, 4.69) is 0 Å². The summed E-state index contributed by atoms with van der Waals surface area (Å²) >= 11 is 0. The minimum atomic E-state index is -3.38. The van der Waals surface area contributed by atoms with Crippen molar-refractivity contribution < 1.29 is 17.9 Å². The molecule has 0 aromatic heterocycles. The number of fused-ring (bicyclic) bond motifs is 1. The van der Waals surface area contributed by atoms with Crippen LogP contribution in [0.4, 0.5) is 0 Å². The normalized spacial score (nSPS) is 37.1. The lowest BCUT2D eigenvalue weighted by Gasteiger charge is -2.26. The lowest BCUT2D eigenvalue weighted by molar-refractivity contribution is -0.134. The van der Waals surface area contributed by atoms with Crippen LogP contribution < -0.4 is 0 Å². The molecular weight excluding hydrogens is 292 g/mol. The van der Waals surface area contributed by atoms with E-state index in [9.17, 15) is 13.2 Å². The molecule has 3 fully saturated rings. The van der Waals surface area contributed by atoms with Crippen molar-refractivity contribution in [1.82, 2.24) is 9.21 Å². The Labute approximate surface area is 126 Å². The minimum absolute atomic E-state index is 0.0330. The molecule has 2 heterocycles. The molecular formula is C14H24N2O4S. The van der Waals surface area contributed by atoms with Crippen LogP contribution in [0.1, 0.15) is 25.7 Å². The van der Waals surface area contributed by atoms with Crippen LogP contribution in [0.25, 0.3) is 0 Å². The average Bonchev–Trinajstić information content (AvgIpc) is 3.10. The molecule has 7 heteroatoms. The number of rotatable bonds is 3. The van der Waals surface area contributed by atoms with Crippen molar-refractivity contribution in [3.63, 3.8) is 0 Å². The van der Waals surface area contributed by atoms with Crippen LogP contribution >= 0.6 is 0 Å². The SMILES string of the molecule is CO[C@H]1C[C@H](C(=O)N2C[C@@H]3CCC[C@H]3C2)N(S(C)(=O)=O)C1. The van der Waals surface area contributed by atoms with Gasteiger partial charge in [-0.1, -0.05) is 6.42 Å². The van der Waals surface area contributed by atoms with Gasteiger partial charge in [-0.15, -0.1) is 0 Å². The Morgan fingerprint density at radius 2 is 1.76 bits per heavy atom. The molecule has 0 N–H and O–H groups in total. The zero-order valence-electron chi connectivity index (χ0n) is 12.7. The molecule has 3 aliphatic rings. The number of hydrogen-bond acceptors (Lipinski definition) is 4. The van der Waals surface area contributed by atoms with Gasteiger partial charge in [-0.2, -0.15) is 4.31 Å². The van der Waals surface area contributed by atoms with Crippen molar-refractivity contribution in [3.05, 3.63) is 0 Å². The molecule has 4 atom stereocenters. The fraction of sp³-hybridized carbons (Fsp3) is 0.929. The van der Waals surface area contributed by atoms with Crippen LogP contribution in [0.2, 0.25) is 0 Å². The highest BCUT2D eigenvalue weighted by Crippen LogP contribution is 2.38. The second-order valence-corrected chi connectivity index (χ2v) is 8.57. The lowest BCUT2D eigenvalue weighted by atomic mass is 10.0. The van der Waals surface area contributed by atoms with Crippen LogP contribution in [0.3, 0.4) is 0 Å². The first-order valence-electron chi connectivity index (χ1n) is 7.68. The van der Waals surface area contributed by atoms with Crippen LogP contribution in [0, 0.1) is 11.8 Å². The van der Waals surface area contributed by atoms with Gasteiger partial charge in [-0.3, -0.25) is 4.79 Å². The third-order valence-electron chi connectivity index (χ3n) is 5.30. The number of sulfonamides is 1. The molecule has 2 saturated heterocycles. The largest absolute Gasteiger partial charge is 0.380 e. The number of ether oxygens (including phenoxy) is 1. The predicted molar refractivity (Wildman–Crippen MR) is 78.2 cm³/mol. The van der Waals surface area contributed by atoms with Crippen molar-refractivity contribution in [2.24, 2.45) is 11.8 Å². The molecule has 1 amide bonds. The Morgan fingerprint density at radius 1 is 1.14 bits per heavy atom. The van der Waals surface area contributed by atoms with Gasteiger partial charge < -0.3 is 9.64 Å². The topological polar surface area (TPSA) is 66.9 Å². The molecule has 120 valence electrons. The number of methoxy groups -OCH3 is 1. The van der Waals surface area contributed by atoms with Gasteiger partial charge in [0.1, 0.15) is 6.04 Å². The molecule has 6 nitrogen and oxygen atoms in total. The maximum Gasteiger partial charge on any atom is 0.241 e. The van der Waals surface area contributed by atoms with E-state index in [-0.39, 0.29) is 18.6 Å². The van der Waals surface area contributed by atoms with E-state index in [1.54, 1.807) is 7.11 Å². The Hall–Kier alpha value is -0.660. The second kappa shape index (κ2) is 5.52. The number of carbonyl (C=O) groups is 1. The fourth-order valence-electron chi connectivity index (χ4n) is 4.16. The Balaban J connectivity index is 1.73. The molecule has 1 saturated carbocycles. The number of likely N-dealkylation sites (tertiary alicyclic amines) is 1. The van der Waals surface area contributed by atoms with Crippen LogP contribution in [0.5, 0.6) is 0 Å².